The van der Waals surface area contributed by atoms with Gasteiger partial charge in [-0.3, -0.25) is 4.57 Å². The van der Waals surface area contributed by atoms with Crippen molar-refractivity contribution in [2.24, 2.45) is 0 Å². The molecule has 0 radical (unpaired) electrons. The summed E-state index contributed by atoms with van der Waals surface area (Å²) in [6.07, 6.45) is 0. The fourth-order valence-corrected chi connectivity index (χ4v) is 10.2. The molecule has 0 atom stereocenters. The third-order valence-corrected chi connectivity index (χ3v) is 13.7. The molecule has 71 heavy (non-hydrogen) atoms. The van der Waals surface area contributed by atoms with Crippen molar-refractivity contribution >= 4 is 32.6 Å². The highest BCUT2D eigenvalue weighted by atomic mass is 15.1. The van der Waals surface area contributed by atoms with E-state index in [1.54, 1.807) is 0 Å². The van der Waals surface area contributed by atoms with Crippen molar-refractivity contribution in [3.8, 4) is 95.5 Å². The molecule has 4 nitrogen and oxygen atoms in total. The summed E-state index contributed by atoms with van der Waals surface area (Å²) in [7, 11) is 0. The molecule has 0 saturated carbocycles. The summed E-state index contributed by atoms with van der Waals surface area (Å²) < 4.78 is 2.26. The highest BCUT2D eigenvalue weighted by Crippen LogP contribution is 2.47. The van der Waals surface area contributed by atoms with Crippen LogP contribution in [0.4, 0.5) is 0 Å². The van der Waals surface area contributed by atoms with Crippen molar-refractivity contribution < 1.29 is 0 Å². The fourth-order valence-electron chi connectivity index (χ4n) is 10.2. The van der Waals surface area contributed by atoms with Gasteiger partial charge in [0.1, 0.15) is 5.82 Å². The highest BCUT2D eigenvalue weighted by molar-refractivity contribution is 6.15. The predicted molar refractivity (Wildman–Crippen MR) is 295 cm³/mol. The lowest BCUT2D eigenvalue weighted by molar-refractivity contribution is 1.10. The van der Waals surface area contributed by atoms with Gasteiger partial charge in [-0.05, 0) is 96.4 Å². The molecule has 0 aliphatic carbocycles. The Morgan fingerprint density at radius 2 is 0.704 bits per heavy atom. The first kappa shape index (κ1) is 41.7. The SMILES string of the molecule is c1ccc(-c2ccc(-c3cc(-c4ccc(-c5ccc6ccccc6c5-c5c(-c6ccc(-c7nc8ccccc8n7-c7ccccc7)cc6)ccc6ccccc56)cc4)nc(-c4ccccc4)n3)cc2)cc1. The number of para-hydroxylation sites is 3. The van der Waals surface area contributed by atoms with Gasteiger partial charge in [0.15, 0.2) is 5.82 Å². The van der Waals surface area contributed by atoms with Crippen LogP contribution in [0, 0.1) is 0 Å². The van der Waals surface area contributed by atoms with Crippen molar-refractivity contribution in [1.82, 2.24) is 19.5 Å². The second kappa shape index (κ2) is 17.9. The Kier molecular flexibility index (Phi) is 10.5. The predicted octanol–water partition coefficient (Wildman–Crippen LogP) is 17.5. The van der Waals surface area contributed by atoms with E-state index < -0.39 is 0 Å². The van der Waals surface area contributed by atoms with Crippen LogP contribution in [0.3, 0.4) is 0 Å². The Bertz CT molecular complexity index is 4050. The van der Waals surface area contributed by atoms with E-state index in [1.165, 1.54) is 49.4 Å². The summed E-state index contributed by atoms with van der Waals surface area (Å²) in [5.41, 5.74) is 18.3. The van der Waals surface area contributed by atoms with Crippen molar-refractivity contribution in [2.45, 2.75) is 0 Å². The van der Waals surface area contributed by atoms with Gasteiger partial charge in [-0.25, -0.2) is 15.0 Å². The van der Waals surface area contributed by atoms with E-state index in [-0.39, 0.29) is 0 Å². The molecule has 332 valence electrons. The fraction of sp³-hybridized carbons (Fsp3) is 0. The van der Waals surface area contributed by atoms with Gasteiger partial charge >= 0.3 is 0 Å². The van der Waals surface area contributed by atoms with Crippen LogP contribution in [0.1, 0.15) is 0 Å². The first-order valence-electron chi connectivity index (χ1n) is 24.1. The topological polar surface area (TPSA) is 43.6 Å². The van der Waals surface area contributed by atoms with E-state index in [2.05, 4.69) is 247 Å². The average Bonchev–Trinajstić information content (AvgIpc) is 3.85. The molecule has 0 amide bonds. The maximum atomic E-state index is 5.19. The Balaban J connectivity index is 0.930. The van der Waals surface area contributed by atoms with E-state index in [1.807, 2.05) is 24.3 Å². The largest absolute Gasteiger partial charge is 0.292 e. The first-order chi connectivity index (χ1) is 35.2. The summed E-state index contributed by atoms with van der Waals surface area (Å²) >= 11 is 0. The van der Waals surface area contributed by atoms with Crippen molar-refractivity contribution in [3.05, 3.63) is 267 Å². The number of nitrogens with zero attached hydrogens (tertiary/aromatic N) is 4. The lowest BCUT2D eigenvalue weighted by Crippen LogP contribution is -1.97. The zero-order chi connectivity index (χ0) is 47.1. The van der Waals surface area contributed by atoms with E-state index >= 15 is 0 Å². The molecule has 13 aromatic rings. The van der Waals surface area contributed by atoms with Gasteiger partial charge in [-0.2, -0.15) is 0 Å². The van der Waals surface area contributed by atoms with Crippen LogP contribution >= 0.6 is 0 Å². The van der Waals surface area contributed by atoms with Gasteiger partial charge in [0.05, 0.1) is 22.4 Å². The molecule has 13 rings (SSSR count). The zero-order valence-corrected chi connectivity index (χ0v) is 38.7. The van der Waals surface area contributed by atoms with Gasteiger partial charge < -0.3 is 0 Å². The highest BCUT2D eigenvalue weighted by Gasteiger charge is 2.21. The van der Waals surface area contributed by atoms with Crippen molar-refractivity contribution in [1.29, 1.82) is 0 Å². The Morgan fingerprint density at radius 3 is 1.27 bits per heavy atom. The van der Waals surface area contributed by atoms with Gasteiger partial charge in [0, 0.05) is 27.9 Å². The summed E-state index contributed by atoms with van der Waals surface area (Å²) in [6.45, 7) is 0. The normalized spacial score (nSPS) is 11.4. The number of aromatic nitrogens is 4. The van der Waals surface area contributed by atoms with Gasteiger partial charge in [-0.15, -0.1) is 0 Å². The molecule has 0 spiro atoms. The van der Waals surface area contributed by atoms with Crippen LogP contribution in [-0.4, -0.2) is 19.5 Å². The molecule has 0 fully saturated rings. The number of fused-ring (bicyclic) bond motifs is 3. The molecule has 11 aromatic carbocycles. The number of rotatable bonds is 9. The Morgan fingerprint density at radius 1 is 0.282 bits per heavy atom. The maximum absolute atomic E-state index is 5.19. The van der Waals surface area contributed by atoms with Gasteiger partial charge in [-0.1, -0.05) is 237 Å². The average molecular weight is 905 g/mol. The molecule has 0 aliphatic heterocycles. The van der Waals surface area contributed by atoms with E-state index in [0.29, 0.717) is 5.82 Å². The van der Waals surface area contributed by atoms with Crippen LogP contribution in [0.25, 0.3) is 128 Å². The summed E-state index contributed by atoms with van der Waals surface area (Å²) in [5.74, 6) is 1.60. The van der Waals surface area contributed by atoms with Crippen LogP contribution < -0.4 is 0 Å². The Labute approximate surface area is 412 Å². The molecule has 4 heteroatoms. The first-order valence-corrected chi connectivity index (χ1v) is 24.1. The smallest absolute Gasteiger partial charge is 0.160 e. The standard InChI is InChI=1S/C67H44N4/c1-4-16-45(17-5-1)46-28-34-51(35-29-46)61-44-62(69-66(68-61)53-20-6-2-7-21-53)52-36-30-49(31-37-52)58-42-40-47-18-10-12-24-56(47)64(58)65-57-25-13-11-19-48(57)41-43-59(65)50-32-38-54(39-33-50)67-70-60-26-14-15-27-63(60)71(67)55-22-8-3-9-23-55/h1-44H. The van der Waals surface area contributed by atoms with E-state index in [0.717, 1.165) is 72.9 Å². The monoisotopic (exact) mass is 904 g/mol. The summed E-state index contributed by atoms with van der Waals surface area (Å²) in [6, 6.07) is 94.9. The third kappa shape index (κ3) is 7.74. The van der Waals surface area contributed by atoms with Crippen LogP contribution in [0.2, 0.25) is 0 Å². The number of hydrogen-bond acceptors (Lipinski definition) is 3. The van der Waals surface area contributed by atoms with Crippen LogP contribution in [-0.2, 0) is 0 Å². The number of imidazole rings is 1. The maximum Gasteiger partial charge on any atom is 0.160 e. The lowest BCUT2D eigenvalue weighted by Gasteiger charge is -2.20. The second-order valence-corrected chi connectivity index (χ2v) is 17.9. The van der Waals surface area contributed by atoms with Gasteiger partial charge in [0.25, 0.3) is 0 Å². The van der Waals surface area contributed by atoms with E-state index in [9.17, 15) is 0 Å². The summed E-state index contributed by atoms with van der Waals surface area (Å²) in [4.78, 5) is 15.5. The van der Waals surface area contributed by atoms with Crippen molar-refractivity contribution in [2.75, 3.05) is 0 Å². The van der Waals surface area contributed by atoms with Crippen LogP contribution in [0.5, 0.6) is 0 Å². The molecule has 0 bridgehead atoms. The number of hydrogen-bond donors (Lipinski definition) is 0. The molecular weight excluding hydrogens is 861 g/mol. The molecule has 0 unspecified atom stereocenters. The minimum absolute atomic E-state index is 0.692. The lowest BCUT2D eigenvalue weighted by atomic mass is 9.83. The molecule has 0 N–H and O–H groups in total. The molecular formula is C67H44N4. The molecule has 0 aliphatic rings. The molecule has 0 saturated heterocycles. The molecule has 2 heterocycles. The van der Waals surface area contributed by atoms with Crippen molar-refractivity contribution in [3.63, 3.8) is 0 Å². The van der Waals surface area contributed by atoms with Gasteiger partial charge in [0.2, 0.25) is 0 Å². The van der Waals surface area contributed by atoms with Crippen LogP contribution in [0.15, 0.2) is 267 Å². The molecule has 2 aromatic heterocycles. The Hall–Kier alpha value is -9.51. The minimum Gasteiger partial charge on any atom is -0.292 e. The second-order valence-electron chi connectivity index (χ2n) is 17.9. The van der Waals surface area contributed by atoms with E-state index in [4.69, 9.17) is 15.0 Å². The minimum atomic E-state index is 0.692. The number of benzene rings is 11. The summed E-state index contributed by atoms with van der Waals surface area (Å²) in [5, 5.41) is 4.78. The zero-order valence-electron chi connectivity index (χ0n) is 38.7. The quantitative estimate of drug-likeness (QED) is 0.145. The third-order valence-electron chi connectivity index (χ3n) is 13.7.